The molecule has 1 amide bonds. The molecule has 8 nitrogen and oxygen atoms in total. The number of amides is 1. The van der Waals surface area contributed by atoms with Crippen LogP contribution in [0, 0.1) is 0 Å². The number of nitrogens with one attached hydrogen (secondary N) is 1. The van der Waals surface area contributed by atoms with E-state index in [1.54, 1.807) is 6.08 Å². The molecule has 442 valence electrons. The third kappa shape index (κ3) is 58.9. The SMILES string of the molecule is CCCCCCCCCCCCCCCCCCCCCCCCCCCCCC/C=C/C(O)C(COP(=O)([O-])OCC[N+](C)(C)C)NC(=O)CCCCCCCCCCCCCCCCCCCCCCCC. The van der Waals surface area contributed by atoms with Crippen LogP contribution in [0.5, 0.6) is 0 Å². The van der Waals surface area contributed by atoms with Gasteiger partial charge in [0.25, 0.3) is 7.82 Å². The minimum absolute atomic E-state index is 0.00291. The fourth-order valence-electron chi connectivity index (χ4n) is 10.3. The largest absolute Gasteiger partial charge is 0.756 e. The summed E-state index contributed by atoms with van der Waals surface area (Å²) in [5.74, 6) is -0.188. The number of carbonyl (C=O) groups excluding carboxylic acids is 1. The highest BCUT2D eigenvalue weighted by atomic mass is 31.2. The summed E-state index contributed by atoms with van der Waals surface area (Å²) in [4.78, 5) is 25.6. The maximum Gasteiger partial charge on any atom is 0.268 e. The zero-order valence-electron chi connectivity index (χ0n) is 50.6. The van der Waals surface area contributed by atoms with Crippen LogP contribution in [0.4, 0.5) is 0 Å². The Kier molecular flexibility index (Phi) is 56.4. The van der Waals surface area contributed by atoms with Crippen molar-refractivity contribution in [1.82, 2.24) is 5.32 Å². The van der Waals surface area contributed by atoms with Crippen molar-refractivity contribution in [2.45, 2.75) is 360 Å². The van der Waals surface area contributed by atoms with Gasteiger partial charge in [-0.3, -0.25) is 9.36 Å². The van der Waals surface area contributed by atoms with Gasteiger partial charge in [0.1, 0.15) is 13.2 Å². The van der Waals surface area contributed by atoms with E-state index in [1.165, 1.54) is 289 Å². The lowest BCUT2D eigenvalue weighted by molar-refractivity contribution is -0.870. The summed E-state index contributed by atoms with van der Waals surface area (Å²) in [6, 6.07) is -0.883. The highest BCUT2D eigenvalue weighted by Gasteiger charge is 2.23. The van der Waals surface area contributed by atoms with Crippen molar-refractivity contribution in [2.75, 3.05) is 40.9 Å². The van der Waals surface area contributed by atoms with Crippen molar-refractivity contribution in [3.8, 4) is 0 Å². The second kappa shape index (κ2) is 56.9. The third-order valence-corrected chi connectivity index (χ3v) is 16.5. The average Bonchev–Trinajstić information content (AvgIpc) is 3.36. The van der Waals surface area contributed by atoms with Crippen LogP contribution in [0.2, 0.25) is 0 Å². The van der Waals surface area contributed by atoms with Crippen LogP contribution in [0.1, 0.15) is 348 Å². The lowest BCUT2D eigenvalue weighted by Crippen LogP contribution is -2.45. The molecule has 0 fully saturated rings. The van der Waals surface area contributed by atoms with Gasteiger partial charge in [-0.05, 0) is 19.3 Å². The molecular formula is C65H131N2O6P. The Hall–Kier alpha value is -0.760. The zero-order chi connectivity index (χ0) is 54.2. The van der Waals surface area contributed by atoms with Gasteiger partial charge in [-0.25, -0.2) is 0 Å². The molecule has 0 aromatic heterocycles. The van der Waals surface area contributed by atoms with Crippen molar-refractivity contribution < 1.29 is 32.9 Å². The highest BCUT2D eigenvalue weighted by molar-refractivity contribution is 7.45. The molecule has 0 aliphatic carbocycles. The van der Waals surface area contributed by atoms with Crippen molar-refractivity contribution >= 4 is 13.7 Å². The number of likely N-dealkylation sites (N-methyl/N-ethyl adjacent to an activating group) is 1. The summed E-state index contributed by atoms with van der Waals surface area (Å²) < 4.78 is 23.4. The van der Waals surface area contributed by atoms with E-state index >= 15 is 0 Å². The summed E-state index contributed by atoms with van der Waals surface area (Å²) >= 11 is 0. The molecular weight excluding hydrogens is 936 g/mol. The average molecular weight is 1070 g/mol. The lowest BCUT2D eigenvalue weighted by Gasteiger charge is -2.29. The van der Waals surface area contributed by atoms with Gasteiger partial charge in [-0.2, -0.15) is 0 Å². The number of hydrogen-bond donors (Lipinski definition) is 2. The third-order valence-electron chi connectivity index (χ3n) is 15.5. The summed E-state index contributed by atoms with van der Waals surface area (Å²) in [5.41, 5.74) is 0. The van der Waals surface area contributed by atoms with E-state index in [4.69, 9.17) is 9.05 Å². The molecule has 0 radical (unpaired) electrons. The molecule has 2 N–H and O–H groups in total. The first-order chi connectivity index (χ1) is 36.0. The van der Waals surface area contributed by atoms with Crippen molar-refractivity contribution in [2.24, 2.45) is 0 Å². The Morgan fingerprint density at radius 1 is 0.459 bits per heavy atom. The molecule has 0 aliphatic heterocycles. The quantitative estimate of drug-likeness (QED) is 0.0272. The molecule has 0 spiro atoms. The van der Waals surface area contributed by atoms with Gasteiger partial charge < -0.3 is 28.8 Å². The second-order valence-corrected chi connectivity index (χ2v) is 25.6. The molecule has 74 heavy (non-hydrogen) atoms. The Morgan fingerprint density at radius 2 is 0.730 bits per heavy atom. The standard InChI is InChI=1S/C65H131N2O6P/c1-6-8-10-12-14-16-18-20-22-24-26-28-30-31-32-33-34-35-36-37-38-40-42-44-46-48-50-52-54-56-58-64(68)63(62-73-74(70,71)72-61-60-67(3,4)5)66-65(69)59-57-55-53-51-49-47-45-43-41-39-29-27-25-23-21-19-17-15-13-11-9-7-2/h56,58,63-64,68H,6-55,57,59-62H2,1-5H3,(H-,66,69,70,71)/b58-56+. The van der Waals surface area contributed by atoms with E-state index in [-0.39, 0.29) is 19.1 Å². The molecule has 0 aromatic carbocycles. The van der Waals surface area contributed by atoms with Crippen LogP contribution >= 0.6 is 7.82 Å². The predicted octanol–water partition coefficient (Wildman–Crippen LogP) is 19.9. The normalized spacial score (nSPS) is 13.8. The molecule has 3 unspecified atom stereocenters. The van der Waals surface area contributed by atoms with Crippen molar-refractivity contribution in [3.63, 3.8) is 0 Å². The molecule has 0 aromatic rings. The molecule has 0 aliphatic rings. The van der Waals surface area contributed by atoms with Gasteiger partial charge in [0.15, 0.2) is 0 Å². The summed E-state index contributed by atoms with van der Waals surface area (Å²) in [6.07, 6.45) is 71.8. The molecule has 3 atom stereocenters. The van der Waals surface area contributed by atoms with E-state index in [9.17, 15) is 19.4 Å². The van der Waals surface area contributed by atoms with Gasteiger partial charge in [0.05, 0.1) is 39.9 Å². The van der Waals surface area contributed by atoms with Crippen LogP contribution in [0.25, 0.3) is 0 Å². The smallest absolute Gasteiger partial charge is 0.268 e. The molecule has 9 heteroatoms. The van der Waals surface area contributed by atoms with Gasteiger partial charge in [0.2, 0.25) is 5.91 Å². The fourth-order valence-corrected chi connectivity index (χ4v) is 11.1. The number of carbonyl (C=O) groups is 1. The lowest BCUT2D eigenvalue weighted by atomic mass is 10.0. The fraction of sp³-hybridized carbons (Fsp3) is 0.954. The van der Waals surface area contributed by atoms with Gasteiger partial charge in [-0.1, -0.05) is 334 Å². The number of hydrogen-bond acceptors (Lipinski definition) is 6. The number of phosphoric acid groups is 1. The number of nitrogens with zero attached hydrogens (tertiary/aromatic N) is 1. The van der Waals surface area contributed by atoms with Crippen LogP contribution < -0.4 is 10.2 Å². The Morgan fingerprint density at radius 3 is 1.01 bits per heavy atom. The van der Waals surface area contributed by atoms with E-state index in [2.05, 4.69) is 19.2 Å². The number of quaternary nitrogens is 1. The predicted molar refractivity (Wildman–Crippen MR) is 321 cm³/mol. The molecule has 0 bridgehead atoms. The number of unbranched alkanes of at least 4 members (excludes halogenated alkanes) is 49. The summed E-state index contributed by atoms with van der Waals surface area (Å²) in [5, 5.41) is 14.0. The van der Waals surface area contributed by atoms with Crippen LogP contribution in [-0.2, 0) is 18.4 Å². The maximum atomic E-state index is 13.0. The van der Waals surface area contributed by atoms with Crippen LogP contribution in [0.15, 0.2) is 12.2 Å². The zero-order valence-corrected chi connectivity index (χ0v) is 51.5. The first-order valence-electron chi connectivity index (χ1n) is 33.1. The molecule has 0 rings (SSSR count). The monoisotopic (exact) mass is 1070 g/mol. The number of phosphoric ester groups is 1. The number of rotatable bonds is 62. The minimum Gasteiger partial charge on any atom is -0.756 e. The maximum absolute atomic E-state index is 13.0. The Labute approximate surface area is 462 Å². The first kappa shape index (κ1) is 73.2. The summed E-state index contributed by atoms with van der Waals surface area (Å²) in [6.45, 7) is 4.72. The van der Waals surface area contributed by atoms with Crippen molar-refractivity contribution in [1.29, 1.82) is 0 Å². The van der Waals surface area contributed by atoms with E-state index in [0.29, 0.717) is 17.4 Å². The van der Waals surface area contributed by atoms with Crippen molar-refractivity contribution in [3.05, 3.63) is 12.2 Å². The minimum atomic E-state index is -4.60. The number of allylic oxidation sites excluding steroid dienone is 1. The molecule has 0 heterocycles. The Balaban J connectivity index is 4.06. The van der Waals surface area contributed by atoms with E-state index < -0.39 is 20.0 Å². The van der Waals surface area contributed by atoms with E-state index in [0.717, 1.165) is 38.5 Å². The Bertz CT molecular complexity index is 1210. The molecule has 0 saturated heterocycles. The molecule has 0 saturated carbocycles. The first-order valence-corrected chi connectivity index (χ1v) is 34.5. The van der Waals surface area contributed by atoms with Gasteiger partial charge in [-0.15, -0.1) is 0 Å². The highest BCUT2D eigenvalue weighted by Crippen LogP contribution is 2.38. The second-order valence-electron chi connectivity index (χ2n) is 24.2. The van der Waals surface area contributed by atoms with Crippen LogP contribution in [0.3, 0.4) is 0 Å². The topological polar surface area (TPSA) is 108 Å². The van der Waals surface area contributed by atoms with Gasteiger partial charge >= 0.3 is 0 Å². The van der Waals surface area contributed by atoms with E-state index in [1.807, 2.05) is 27.2 Å². The summed E-state index contributed by atoms with van der Waals surface area (Å²) in [7, 11) is 1.28. The van der Waals surface area contributed by atoms with Gasteiger partial charge in [0, 0.05) is 6.42 Å². The number of aliphatic hydroxyl groups excluding tert-OH is 1. The number of aliphatic hydroxyl groups is 1. The van der Waals surface area contributed by atoms with Crippen LogP contribution in [-0.4, -0.2) is 68.5 Å².